The minimum absolute atomic E-state index is 0.201. The SMILES string of the molecule is CNC(=O)[C@@H](C)N1C(=O)CS[C@H]1c1ccc(C(F)(F)F)cc1. The van der Waals surface area contributed by atoms with Gasteiger partial charge in [0.1, 0.15) is 11.4 Å². The van der Waals surface area contributed by atoms with E-state index in [9.17, 15) is 22.8 Å². The van der Waals surface area contributed by atoms with E-state index in [2.05, 4.69) is 5.32 Å². The molecule has 22 heavy (non-hydrogen) atoms. The normalized spacial score (nSPS) is 20.1. The summed E-state index contributed by atoms with van der Waals surface area (Å²) in [5, 5.41) is 2.02. The van der Waals surface area contributed by atoms with Crippen molar-refractivity contribution in [3.8, 4) is 0 Å². The molecule has 1 heterocycles. The summed E-state index contributed by atoms with van der Waals surface area (Å²) in [7, 11) is 1.47. The van der Waals surface area contributed by atoms with Gasteiger partial charge in [-0.2, -0.15) is 13.2 Å². The van der Waals surface area contributed by atoms with E-state index in [1.165, 1.54) is 35.8 Å². The molecule has 1 aliphatic heterocycles. The third-order valence-electron chi connectivity index (χ3n) is 3.47. The third kappa shape index (κ3) is 3.21. The number of rotatable bonds is 3. The predicted octanol–water partition coefficient (Wildman–Crippen LogP) is 2.41. The van der Waals surface area contributed by atoms with Crippen LogP contribution in [0.3, 0.4) is 0 Å². The molecule has 0 bridgehead atoms. The van der Waals surface area contributed by atoms with Crippen LogP contribution in [0.25, 0.3) is 0 Å². The highest BCUT2D eigenvalue weighted by Crippen LogP contribution is 2.40. The van der Waals surface area contributed by atoms with Gasteiger partial charge in [0.2, 0.25) is 11.8 Å². The minimum atomic E-state index is -4.40. The Morgan fingerprint density at radius 3 is 2.45 bits per heavy atom. The number of carbonyl (C=O) groups is 2. The lowest BCUT2D eigenvalue weighted by molar-refractivity contribution is -0.138. The highest BCUT2D eigenvalue weighted by Gasteiger charge is 2.39. The summed E-state index contributed by atoms with van der Waals surface area (Å²) in [5.74, 6) is -0.314. The predicted molar refractivity (Wildman–Crippen MR) is 77.0 cm³/mol. The first-order chi connectivity index (χ1) is 10.3. The molecular weight excluding hydrogens is 317 g/mol. The molecule has 1 saturated heterocycles. The summed E-state index contributed by atoms with van der Waals surface area (Å²) in [4.78, 5) is 25.1. The fraction of sp³-hybridized carbons (Fsp3) is 0.429. The zero-order valence-electron chi connectivity index (χ0n) is 12.0. The van der Waals surface area contributed by atoms with Crippen molar-refractivity contribution in [3.05, 3.63) is 35.4 Å². The molecule has 4 nitrogen and oxygen atoms in total. The van der Waals surface area contributed by atoms with Gasteiger partial charge in [0.25, 0.3) is 0 Å². The molecule has 0 aromatic heterocycles. The van der Waals surface area contributed by atoms with Crippen molar-refractivity contribution >= 4 is 23.6 Å². The molecule has 0 radical (unpaired) electrons. The number of carbonyl (C=O) groups excluding carboxylic acids is 2. The molecule has 120 valence electrons. The first-order valence-corrected chi connectivity index (χ1v) is 7.62. The highest BCUT2D eigenvalue weighted by molar-refractivity contribution is 8.00. The lowest BCUT2D eigenvalue weighted by atomic mass is 10.1. The van der Waals surface area contributed by atoms with Crippen molar-refractivity contribution < 1.29 is 22.8 Å². The largest absolute Gasteiger partial charge is 0.416 e. The van der Waals surface area contributed by atoms with Crippen molar-refractivity contribution in [2.45, 2.75) is 24.5 Å². The van der Waals surface area contributed by atoms with Gasteiger partial charge < -0.3 is 10.2 Å². The molecular formula is C14H15F3N2O2S. The molecule has 1 aliphatic rings. The molecule has 1 N–H and O–H groups in total. The second kappa shape index (κ2) is 6.20. The molecule has 1 fully saturated rings. The molecule has 1 aromatic rings. The average molecular weight is 332 g/mol. The van der Waals surface area contributed by atoms with Crippen molar-refractivity contribution in [2.24, 2.45) is 0 Å². The van der Waals surface area contributed by atoms with Crippen molar-refractivity contribution in [2.75, 3.05) is 12.8 Å². The maximum absolute atomic E-state index is 12.6. The Hall–Kier alpha value is -1.70. The van der Waals surface area contributed by atoms with Gasteiger partial charge >= 0.3 is 6.18 Å². The number of alkyl halides is 3. The number of hydrogen-bond acceptors (Lipinski definition) is 3. The minimum Gasteiger partial charge on any atom is -0.357 e. The molecule has 0 unspecified atom stereocenters. The lowest BCUT2D eigenvalue weighted by Gasteiger charge is -2.29. The second-order valence-electron chi connectivity index (χ2n) is 4.87. The first-order valence-electron chi connectivity index (χ1n) is 6.57. The van der Waals surface area contributed by atoms with E-state index >= 15 is 0 Å². The van der Waals surface area contributed by atoms with Crippen LogP contribution in [-0.2, 0) is 15.8 Å². The first kappa shape index (κ1) is 16.7. The van der Waals surface area contributed by atoms with Gasteiger partial charge in [-0.3, -0.25) is 9.59 Å². The zero-order chi connectivity index (χ0) is 16.5. The number of hydrogen-bond donors (Lipinski definition) is 1. The Kier molecular flexibility index (Phi) is 4.69. The van der Waals surface area contributed by atoms with E-state index in [4.69, 9.17) is 0 Å². The van der Waals surface area contributed by atoms with Crippen LogP contribution in [0.1, 0.15) is 23.4 Å². The molecule has 0 saturated carbocycles. The number of nitrogens with one attached hydrogen (secondary N) is 1. The van der Waals surface area contributed by atoms with Gasteiger partial charge in [-0.15, -0.1) is 11.8 Å². The van der Waals surface area contributed by atoms with E-state index in [-0.39, 0.29) is 17.6 Å². The molecule has 0 spiro atoms. The van der Waals surface area contributed by atoms with Gasteiger partial charge in [-0.1, -0.05) is 12.1 Å². The van der Waals surface area contributed by atoms with Crippen LogP contribution in [0.15, 0.2) is 24.3 Å². The maximum Gasteiger partial charge on any atom is 0.416 e. The standard InChI is InChI=1S/C14H15F3N2O2S/c1-8(12(21)18-2)19-11(20)7-22-13(19)9-3-5-10(6-4-9)14(15,16)17/h3-6,8,13H,7H2,1-2H3,(H,18,21)/t8-,13+/m1/s1. The quantitative estimate of drug-likeness (QED) is 0.925. The molecule has 2 atom stereocenters. The van der Waals surface area contributed by atoms with E-state index in [0.29, 0.717) is 5.56 Å². The highest BCUT2D eigenvalue weighted by atomic mass is 32.2. The zero-order valence-corrected chi connectivity index (χ0v) is 12.8. The Morgan fingerprint density at radius 2 is 1.95 bits per heavy atom. The van der Waals surface area contributed by atoms with Crippen LogP contribution < -0.4 is 5.32 Å². The Balaban J connectivity index is 2.27. The number of halogens is 3. The van der Waals surface area contributed by atoms with Crippen molar-refractivity contribution in [1.29, 1.82) is 0 Å². The number of amides is 2. The van der Waals surface area contributed by atoms with Gasteiger partial charge in [0.05, 0.1) is 11.3 Å². The van der Waals surface area contributed by atoms with Crippen LogP contribution in [-0.4, -0.2) is 35.6 Å². The van der Waals surface area contributed by atoms with Crippen LogP contribution >= 0.6 is 11.8 Å². The Labute approximate surface area is 130 Å². The van der Waals surface area contributed by atoms with Crippen LogP contribution in [0.5, 0.6) is 0 Å². The van der Waals surface area contributed by atoms with Gasteiger partial charge in [-0.25, -0.2) is 0 Å². The van der Waals surface area contributed by atoms with Crippen LogP contribution in [0.2, 0.25) is 0 Å². The van der Waals surface area contributed by atoms with E-state index in [0.717, 1.165) is 12.1 Å². The summed E-state index contributed by atoms with van der Waals surface area (Å²) in [6, 6.07) is 3.99. The van der Waals surface area contributed by atoms with Crippen molar-refractivity contribution in [1.82, 2.24) is 10.2 Å². The molecule has 2 amide bonds. The maximum atomic E-state index is 12.6. The average Bonchev–Trinajstić information content (AvgIpc) is 2.86. The second-order valence-corrected chi connectivity index (χ2v) is 5.94. The molecule has 1 aromatic carbocycles. The lowest BCUT2D eigenvalue weighted by Crippen LogP contribution is -2.45. The summed E-state index contributed by atoms with van der Waals surface area (Å²) >= 11 is 1.30. The third-order valence-corrected chi connectivity index (χ3v) is 4.70. The van der Waals surface area contributed by atoms with E-state index in [1.54, 1.807) is 6.92 Å². The summed E-state index contributed by atoms with van der Waals surface area (Å²) in [6.45, 7) is 1.60. The smallest absolute Gasteiger partial charge is 0.357 e. The fourth-order valence-corrected chi connectivity index (χ4v) is 3.54. The summed E-state index contributed by atoms with van der Waals surface area (Å²) < 4.78 is 37.8. The van der Waals surface area contributed by atoms with Gasteiger partial charge in [0, 0.05) is 7.05 Å². The number of nitrogens with zero attached hydrogens (tertiary/aromatic N) is 1. The molecule has 2 rings (SSSR count). The van der Waals surface area contributed by atoms with Gasteiger partial charge in [0.15, 0.2) is 0 Å². The fourth-order valence-electron chi connectivity index (χ4n) is 2.28. The monoisotopic (exact) mass is 332 g/mol. The van der Waals surface area contributed by atoms with E-state index in [1.807, 2.05) is 0 Å². The van der Waals surface area contributed by atoms with Crippen LogP contribution in [0, 0.1) is 0 Å². The van der Waals surface area contributed by atoms with Gasteiger partial charge in [-0.05, 0) is 24.6 Å². The number of benzene rings is 1. The summed E-state index contributed by atoms with van der Waals surface area (Å²) in [5.41, 5.74) is -0.170. The number of likely N-dealkylation sites (N-methyl/N-ethyl adjacent to an activating group) is 1. The Bertz CT molecular complexity index is 574. The van der Waals surface area contributed by atoms with Crippen LogP contribution in [0.4, 0.5) is 13.2 Å². The van der Waals surface area contributed by atoms with E-state index < -0.39 is 23.2 Å². The molecule has 8 heteroatoms. The Morgan fingerprint density at radius 1 is 1.36 bits per heavy atom. The number of thioether (sulfide) groups is 1. The van der Waals surface area contributed by atoms with Crippen molar-refractivity contribution in [3.63, 3.8) is 0 Å². The summed E-state index contributed by atoms with van der Waals surface area (Å²) in [6.07, 6.45) is -4.40. The molecule has 0 aliphatic carbocycles. The topological polar surface area (TPSA) is 49.4 Å².